The van der Waals surface area contributed by atoms with Crippen LogP contribution in [0.3, 0.4) is 0 Å². The number of fused-ring (bicyclic) bond motifs is 2. The van der Waals surface area contributed by atoms with Crippen LogP contribution in [0.2, 0.25) is 0 Å². The number of thiophene rings is 1. The van der Waals surface area contributed by atoms with Gasteiger partial charge in [0.25, 0.3) is 0 Å². The van der Waals surface area contributed by atoms with Crippen molar-refractivity contribution in [3.05, 3.63) is 76.6 Å². The van der Waals surface area contributed by atoms with Crippen molar-refractivity contribution in [1.29, 1.82) is 0 Å². The number of anilines is 2. The van der Waals surface area contributed by atoms with E-state index in [1.807, 2.05) is 30.5 Å². The van der Waals surface area contributed by atoms with E-state index in [0.29, 0.717) is 5.84 Å². The highest BCUT2D eigenvalue weighted by Gasteiger charge is 2.35. The van der Waals surface area contributed by atoms with Crippen molar-refractivity contribution >= 4 is 39.5 Å². The molecule has 2 aromatic carbocycles. The number of aliphatic imine (C=N–C) groups is 1. The zero-order valence-corrected chi connectivity index (χ0v) is 20.6. The van der Waals surface area contributed by atoms with E-state index in [4.69, 9.17) is 16.5 Å². The van der Waals surface area contributed by atoms with Crippen LogP contribution in [0.25, 0.3) is 22.0 Å². The average molecular weight is 484 g/mol. The standard InChI is InChI=1S/C27H29N7S/c1-2-33-10-12-34(13-11-33)21-8-5-7-20(15-21)27(29)31-24-22(17-35-25(24)26(28)32-27)19-14-18-6-3-4-9-23(18)30-16-19/h3-9,14-17,31H,2,10-13,29H2,1H3,(H2,28,32). The number of aromatic nitrogens is 1. The Morgan fingerprint density at radius 2 is 1.89 bits per heavy atom. The summed E-state index contributed by atoms with van der Waals surface area (Å²) in [6, 6.07) is 18.6. The molecule has 6 rings (SSSR count). The summed E-state index contributed by atoms with van der Waals surface area (Å²) in [5.74, 6) is -0.702. The summed E-state index contributed by atoms with van der Waals surface area (Å²) in [5.41, 5.74) is 19.3. The maximum Gasteiger partial charge on any atom is 0.211 e. The number of piperazine rings is 1. The molecule has 1 fully saturated rings. The number of nitrogens with zero attached hydrogens (tertiary/aromatic N) is 4. The molecule has 5 N–H and O–H groups in total. The van der Waals surface area contributed by atoms with Gasteiger partial charge in [0, 0.05) is 65.5 Å². The molecule has 0 amide bonds. The van der Waals surface area contributed by atoms with Crippen molar-refractivity contribution in [2.45, 2.75) is 12.7 Å². The Labute approximate surface area is 209 Å². The van der Waals surface area contributed by atoms with Crippen LogP contribution in [0.4, 0.5) is 11.4 Å². The Bertz CT molecular complexity index is 1420. The molecule has 1 unspecified atom stereocenters. The Morgan fingerprint density at radius 3 is 2.71 bits per heavy atom. The number of para-hydroxylation sites is 1. The molecule has 8 heteroatoms. The van der Waals surface area contributed by atoms with E-state index in [0.717, 1.165) is 76.6 Å². The van der Waals surface area contributed by atoms with Gasteiger partial charge >= 0.3 is 0 Å². The highest BCUT2D eigenvalue weighted by atomic mass is 32.1. The van der Waals surface area contributed by atoms with Crippen molar-refractivity contribution in [3.63, 3.8) is 0 Å². The molecule has 2 aliphatic rings. The Kier molecular flexibility index (Phi) is 5.44. The van der Waals surface area contributed by atoms with Crippen LogP contribution in [0.15, 0.2) is 71.2 Å². The first-order valence-electron chi connectivity index (χ1n) is 12.0. The second-order valence-corrected chi connectivity index (χ2v) is 10.0. The predicted molar refractivity (Wildman–Crippen MR) is 146 cm³/mol. The summed E-state index contributed by atoms with van der Waals surface area (Å²) < 4.78 is 0. The molecule has 7 nitrogen and oxygen atoms in total. The van der Waals surface area contributed by atoms with Crippen molar-refractivity contribution in [1.82, 2.24) is 9.88 Å². The first-order chi connectivity index (χ1) is 17.0. The van der Waals surface area contributed by atoms with Gasteiger partial charge in [0.1, 0.15) is 5.84 Å². The minimum Gasteiger partial charge on any atom is -0.383 e. The summed E-state index contributed by atoms with van der Waals surface area (Å²) in [6.45, 7) is 7.45. The SMILES string of the molecule is CCN1CCN(c2cccc(C3(N)N=C(N)c4scc(-c5cnc6ccccc6c5)c4N3)c2)CC1. The molecule has 2 aromatic heterocycles. The fraction of sp³-hybridized carbons (Fsp3) is 0.259. The molecule has 2 aliphatic heterocycles. The number of hydrogen-bond donors (Lipinski definition) is 3. The average Bonchev–Trinajstić information content (AvgIpc) is 3.32. The molecule has 0 spiro atoms. The van der Waals surface area contributed by atoms with Crippen LogP contribution in [0.5, 0.6) is 0 Å². The zero-order valence-electron chi connectivity index (χ0n) is 19.7. The van der Waals surface area contributed by atoms with Crippen LogP contribution >= 0.6 is 11.3 Å². The zero-order chi connectivity index (χ0) is 24.0. The maximum atomic E-state index is 6.91. The summed E-state index contributed by atoms with van der Waals surface area (Å²) in [4.78, 5) is 15.2. The van der Waals surface area contributed by atoms with Gasteiger partial charge in [-0.3, -0.25) is 10.7 Å². The lowest BCUT2D eigenvalue weighted by Gasteiger charge is -2.37. The predicted octanol–water partition coefficient (Wildman–Crippen LogP) is 4.01. The second kappa shape index (κ2) is 8.64. The van der Waals surface area contributed by atoms with Crippen molar-refractivity contribution in [2.24, 2.45) is 16.5 Å². The monoisotopic (exact) mass is 483 g/mol. The van der Waals surface area contributed by atoms with Gasteiger partial charge in [0.2, 0.25) is 5.79 Å². The number of benzene rings is 2. The largest absolute Gasteiger partial charge is 0.383 e. The third kappa shape index (κ3) is 3.93. The van der Waals surface area contributed by atoms with E-state index in [1.165, 1.54) is 0 Å². The van der Waals surface area contributed by atoms with Gasteiger partial charge in [-0.1, -0.05) is 37.3 Å². The Balaban J connectivity index is 1.34. The number of hydrogen-bond acceptors (Lipinski definition) is 8. The van der Waals surface area contributed by atoms with E-state index >= 15 is 0 Å². The Hall–Kier alpha value is -3.46. The molecule has 0 bridgehead atoms. The first-order valence-corrected chi connectivity index (χ1v) is 12.9. The van der Waals surface area contributed by atoms with E-state index in [1.54, 1.807) is 11.3 Å². The number of nitrogens with one attached hydrogen (secondary N) is 1. The molecular weight excluding hydrogens is 454 g/mol. The highest BCUT2D eigenvalue weighted by molar-refractivity contribution is 7.13. The lowest BCUT2D eigenvalue weighted by Crippen LogP contribution is -2.48. The molecule has 4 heterocycles. The van der Waals surface area contributed by atoms with Gasteiger partial charge in [0.05, 0.1) is 16.1 Å². The fourth-order valence-electron chi connectivity index (χ4n) is 4.96. The van der Waals surface area contributed by atoms with E-state index in [9.17, 15) is 0 Å². The van der Waals surface area contributed by atoms with E-state index < -0.39 is 5.79 Å². The molecule has 1 atom stereocenters. The van der Waals surface area contributed by atoms with Crippen LogP contribution in [0.1, 0.15) is 17.4 Å². The summed E-state index contributed by atoms with van der Waals surface area (Å²) >= 11 is 1.57. The number of pyridine rings is 1. The lowest BCUT2D eigenvalue weighted by atomic mass is 10.0. The topological polar surface area (TPSA) is 95.8 Å². The first kappa shape index (κ1) is 22.0. The Morgan fingerprint density at radius 1 is 1.06 bits per heavy atom. The third-order valence-corrected chi connectivity index (χ3v) is 8.01. The quantitative estimate of drug-likeness (QED) is 0.406. The number of amidine groups is 1. The van der Waals surface area contributed by atoms with Crippen molar-refractivity contribution < 1.29 is 0 Å². The highest BCUT2D eigenvalue weighted by Crippen LogP contribution is 2.42. The van der Waals surface area contributed by atoms with Gasteiger partial charge in [-0.15, -0.1) is 11.3 Å². The summed E-state index contributed by atoms with van der Waals surface area (Å²) in [7, 11) is 0. The maximum absolute atomic E-state index is 6.91. The summed E-state index contributed by atoms with van der Waals surface area (Å²) in [6.07, 6.45) is 1.91. The number of nitrogens with two attached hydrogens (primary N) is 2. The van der Waals surface area contributed by atoms with Gasteiger partial charge in [-0.2, -0.15) is 0 Å². The van der Waals surface area contributed by atoms with E-state index in [-0.39, 0.29) is 0 Å². The molecule has 35 heavy (non-hydrogen) atoms. The number of likely N-dealkylation sites (N-methyl/N-ethyl adjacent to an activating group) is 1. The van der Waals surface area contributed by atoms with Crippen LogP contribution in [-0.4, -0.2) is 48.4 Å². The van der Waals surface area contributed by atoms with Crippen LogP contribution in [-0.2, 0) is 5.79 Å². The third-order valence-electron chi connectivity index (χ3n) is 7.01. The normalized spacial score (nSPS) is 20.4. The lowest BCUT2D eigenvalue weighted by molar-refractivity contribution is 0.271. The van der Waals surface area contributed by atoms with Gasteiger partial charge in [0.15, 0.2) is 0 Å². The molecule has 0 radical (unpaired) electrons. The van der Waals surface area contributed by atoms with Crippen LogP contribution < -0.4 is 21.7 Å². The van der Waals surface area contributed by atoms with Gasteiger partial charge < -0.3 is 20.9 Å². The van der Waals surface area contributed by atoms with E-state index in [2.05, 4.69) is 62.7 Å². The molecule has 178 valence electrons. The smallest absolute Gasteiger partial charge is 0.211 e. The van der Waals surface area contributed by atoms with Gasteiger partial charge in [-0.25, -0.2) is 4.99 Å². The molecule has 0 aliphatic carbocycles. The second-order valence-electron chi connectivity index (χ2n) is 9.13. The minimum absolute atomic E-state index is 0.452. The van der Waals surface area contributed by atoms with Crippen LogP contribution in [0, 0.1) is 0 Å². The van der Waals surface area contributed by atoms with Crippen molar-refractivity contribution in [3.8, 4) is 11.1 Å². The fourth-order valence-corrected chi connectivity index (χ4v) is 5.89. The molecular formula is C27H29N7S. The molecule has 1 saturated heterocycles. The molecule has 4 aromatic rings. The minimum atomic E-state index is -1.15. The number of rotatable bonds is 4. The van der Waals surface area contributed by atoms with Crippen molar-refractivity contribution in [2.75, 3.05) is 42.9 Å². The summed E-state index contributed by atoms with van der Waals surface area (Å²) in [5, 5.41) is 6.72. The van der Waals surface area contributed by atoms with Gasteiger partial charge in [-0.05, 0) is 30.8 Å². The molecule has 0 saturated carbocycles.